The maximum absolute atomic E-state index is 5.91. The number of hydrogen-bond acceptors (Lipinski definition) is 2. The van der Waals surface area contributed by atoms with Crippen molar-refractivity contribution in [2.24, 2.45) is 0 Å². The second-order valence-corrected chi connectivity index (χ2v) is 20.3. The zero-order valence-corrected chi connectivity index (χ0v) is 22.0. The van der Waals surface area contributed by atoms with Crippen LogP contribution in [-0.4, -0.2) is 9.69 Å². The molecule has 4 aromatic rings. The maximum atomic E-state index is 5.91. The monoisotopic (exact) mass is 570 g/mol. The molecule has 4 heteroatoms. The molecule has 0 aromatic heterocycles. The van der Waals surface area contributed by atoms with E-state index in [1.807, 2.05) is 11.8 Å². The first kappa shape index (κ1) is 22.7. The molecular weight excluding hydrogens is 546 g/mol. The van der Waals surface area contributed by atoms with E-state index >= 15 is 0 Å². The molecule has 0 nitrogen and oxygen atoms in total. The zero-order chi connectivity index (χ0) is 21.8. The first-order valence-electron chi connectivity index (χ1n) is 10.2. The van der Waals surface area contributed by atoms with Crippen LogP contribution in [0, 0.1) is 6.92 Å². The van der Waals surface area contributed by atoms with Gasteiger partial charge in [0.1, 0.15) is 0 Å². The molecule has 0 bridgehead atoms. The summed E-state index contributed by atoms with van der Waals surface area (Å²) in [6, 6.07) is 41.5. The van der Waals surface area contributed by atoms with Gasteiger partial charge in [-0.25, -0.2) is 0 Å². The van der Waals surface area contributed by atoms with Crippen molar-refractivity contribution >= 4 is 70.4 Å². The Bertz CT molecular complexity index is 1060. The van der Waals surface area contributed by atoms with Crippen LogP contribution >= 0.6 is 50.3 Å². The molecule has 0 heterocycles. The molecule has 4 rings (SSSR count). The average molecular weight is 571 g/mol. The van der Waals surface area contributed by atoms with Gasteiger partial charge in [0.05, 0.1) is 0 Å². The molecule has 0 radical (unpaired) electrons. The summed E-state index contributed by atoms with van der Waals surface area (Å²) in [5.74, 6) is 0. The van der Waals surface area contributed by atoms with E-state index in [4.69, 9.17) is 12.2 Å². The molecule has 4 aromatic carbocycles. The summed E-state index contributed by atoms with van der Waals surface area (Å²) < 4.78 is -1.85. The van der Waals surface area contributed by atoms with Gasteiger partial charge in [-0.1, -0.05) is 0 Å². The van der Waals surface area contributed by atoms with Gasteiger partial charge in [0.2, 0.25) is 0 Å². The summed E-state index contributed by atoms with van der Waals surface area (Å²) in [6.45, 7) is 2.11. The summed E-state index contributed by atoms with van der Waals surface area (Å²) in [5.41, 5.74) is 3.29. The summed E-state index contributed by atoms with van der Waals surface area (Å²) in [6.07, 6.45) is 0. The molecule has 0 aliphatic carbocycles. The van der Waals surface area contributed by atoms with E-state index in [-0.39, 0.29) is 0 Å². The second-order valence-electron chi connectivity index (χ2n) is 7.62. The fourth-order valence-electron chi connectivity index (χ4n) is 3.84. The third-order valence-electron chi connectivity index (χ3n) is 5.61. The van der Waals surface area contributed by atoms with Crippen LogP contribution in [0.2, 0.25) is 0 Å². The molecule has 0 aliphatic rings. The van der Waals surface area contributed by atoms with Crippen molar-refractivity contribution in [3.05, 3.63) is 126 Å². The molecule has 156 valence electrons. The minimum absolute atomic E-state index is 0.914. The predicted molar refractivity (Wildman–Crippen MR) is 155 cm³/mol. The quantitative estimate of drug-likeness (QED) is 0.136. The summed E-state index contributed by atoms with van der Waals surface area (Å²) in [4.78, 5) is 0. The van der Waals surface area contributed by atoms with Crippen LogP contribution in [-0.2, 0) is 0 Å². The number of benzene rings is 4. The first-order chi connectivity index (χ1) is 15.0. The Hall–Kier alpha value is -1.52. The summed E-state index contributed by atoms with van der Waals surface area (Å²) >= 11 is 10.5. The molecule has 0 fully saturated rings. The van der Waals surface area contributed by atoms with Gasteiger partial charge in [-0.3, -0.25) is 0 Å². The van der Waals surface area contributed by atoms with E-state index in [0.717, 1.165) is 15.3 Å². The van der Waals surface area contributed by atoms with Gasteiger partial charge in [-0.15, -0.1) is 0 Å². The Morgan fingerprint density at radius 3 is 1.45 bits per heavy atom. The standard InChI is InChI=1S/C27H24IPS2/c1-22-17-19-23(20-18-22)27(30)31-21-29(28,24-11-5-2-6-12-24,25-13-7-3-8-14-25)26-15-9-4-10-16-26/h2-20H,21H2,1H3. The van der Waals surface area contributed by atoms with Gasteiger partial charge in [-0.05, 0) is 0 Å². The third-order valence-corrected chi connectivity index (χ3v) is 20.8. The van der Waals surface area contributed by atoms with Crippen LogP contribution in [0.25, 0.3) is 0 Å². The number of aryl methyl sites for hydroxylation is 1. The van der Waals surface area contributed by atoms with Crippen molar-refractivity contribution in [3.63, 3.8) is 0 Å². The van der Waals surface area contributed by atoms with Crippen molar-refractivity contribution in [1.29, 1.82) is 0 Å². The Morgan fingerprint density at radius 1 is 0.677 bits per heavy atom. The first-order valence-corrected chi connectivity index (χ1v) is 16.8. The molecule has 0 unspecified atom stereocenters. The molecule has 31 heavy (non-hydrogen) atoms. The fraction of sp³-hybridized carbons (Fsp3) is 0.0741. The number of thiocarbonyl (C=S) groups is 1. The number of thioether (sulfide) groups is 1. The third kappa shape index (κ3) is 4.39. The van der Waals surface area contributed by atoms with Crippen molar-refractivity contribution < 1.29 is 0 Å². The van der Waals surface area contributed by atoms with Crippen molar-refractivity contribution in [2.75, 3.05) is 5.49 Å². The van der Waals surface area contributed by atoms with Crippen molar-refractivity contribution in [2.45, 2.75) is 6.92 Å². The van der Waals surface area contributed by atoms with E-state index in [9.17, 15) is 0 Å². The molecule has 0 saturated carbocycles. The van der Waals surface area contributed by atoms with Gasteiger partial charge in [-0.2, -0.15) is 0 Å². The molecule has 0 spiro atoms. The SMILES string of the molecule is Cc1ccc(C(=S)SCP(I)(c2ccccc2)(c2ccccc2)c2ccccc2)cc1. The van der Waals surface area contributed by atoms with Gasteiger partial charge < -0.3 is 0 Å². The molecule has 0 amide bonds. The molecular formula is C27H24IPS2. The topological polar surface area (TPSA) is 0 Å². The summed E-state index contributed by atoms with van der Waals surface area (Å²) in [5, 5.41) is 4.14. The number of halogens is 1. The van der Waals surface area contributed by atoms with Crippen molar-refractivity contribution in [1.82, 2.24) is 0 Å². The predicted octanol–water partition coefficient (Wildman–Crippen LogP) is 7.24. The van der Waals surface area contributed by atoms with Crippen LogP contribution in [0.3, 0.4) is 0 Å². The van der Waals surface area contributed by atoms with E-state index in [0.29, 0.717) is 0 Å². The van der Waals surface area contributed by atoms with Crippen LogP contribution in [0.15, 0.2) is 115 Å². The fourth-order valence-corrected chi connectivity index (χ4v) is 15.4. The van der Waals surface area contributed by atoms with Gasteiger partial charge in [0.15, 0.2) is 0 Å². The molecule has 0 saturated heterocycles. The zero-order valence-electron chi connectivity index (χ0n) is 17.3. The van der Waals surface area contributed by atoms with Crippen LogP contribution < -0.4 is 15.9 Å². The Labute approximate surface area is 207 Å². The van der Waals surface area contributed by atoms with E-state index in [1.54, 1.807) is 0 Å². The van der Waals surface area contributed by atoms with Crippen LogP contribution in [0.4, 0.5) is 0 Å². The van der Waals surface area contributed by atoms with E-state index in [1.165, 1.54) is 21.5 Å². The Morgan fingerprint density at radius 2 is 1.06 bits per heavy atom. The van der Waals surface area contributed by atoms with Gasteiger partial charge in [0, 0.05) is 0 Å². The second kappa shape index (κ2) is 9.54. The number of rotatable bonds is 6. The summed E-state index contributed by atoms with van der Waals surface area (Å²) in [7, 11) is 0. The normalized spacial score (nSPS) is 12.6. The molecule has 0 atom stereocenters. The average Bonchev–Trinajstić information content (AvgIpc) is 2.84. The Balaban J connectivity index is 1.88. The van der Waals surface area contributed by atoms with Crippen molar-refractivity contribution in [3.8, 4) is 0 Å². The van der Waals surface area contributed by atoms with E-state index < -0.39 is 4.25 Å². The van der Waals surface area contributed by atoms with Gasteiger partial charge in [0.25, 0.3) is 0 Å². The Kier molecular flexibility index (Phi) is 6.98. The van der Waals surface area contributed by atoms with E-state index in [2.05, 4.69) is 144 Å². The molecule has 0 N–H and O–H groups in total. The van der Waals surface area contributed by atoms with Gasteiger partial charge >= 0.3 is 209 Å². The van der Waals surface area contributed by atoms with Crippen LogP contribution in [0.1, 0.15) is 11.1 Å². The molecule has 0 aliphatic heterocycles. The van der Waals surface area contributed by atoms with Crippen LogP contribution in [0.5, 0.6) is 0 Å². The number of hydrogen-bond donors (Lipinski definition) is 0. The minimum atomic E-state index is -2.80.